The van der Waals surface area contributed by atoms with Crippen molar-refractivity contribution < 1.29 is 9.53 Å². The average Bonchev–Trinajstić information content (AvgIpc) is 2.38. The molecule has 4 nitrogen and oxygen atoms in total. The van der Waals surface area contributed by atoms with Crippen LogP contribution in [0.25, 0.3) is 0 Å². The van der Waals surface area contributed by atoms with Crippen molar-refractivity contribution in [2.45, 2.75) is 25.7 Å². The number of hydrogen-bond donors (Lipinski definition) is 2. The number of Topliss-reactive ketones (excluding diaryl/α,β-unsaturated/α-hetero) is 1. The fourth-order valence-corrected chi connectivity index (χ4v) is 2.24. The zero-order valence-electron chi connectivity index (χ0n) is 10.9. The van der Waals surface area contributed by atoms with E-state index in [-0.39, 0.29) is 5.78 Å². The van der Waals surface area contributed by atoms with Crippen molar-refractivity contribution in [2.24, 2.45) is 0 Å². The highest BCUT2D eigenvalue weighted by Crippen LogP contribution is 2.30. The number of carbonyl (C=O) groups is 1. The maximum atomic E-state index is 12.2. The highest BCUT2D eigenvalue weighted by Gasteiger charge is 2.15. The summed E-state index contributed by atoms with van der Waals surface area (Å²) in [5, 5.41) is 3.67. The Labute approximate surface area is 118 Å². The van der Waals surface area contributed by atoms with Crippen LogP contribution in [0.4, 0.5) is 5.69 Å². The summed E-state index contributed by atoms with van der Waals surface area (Å²) in [6, 6.07) is 3.26. The van der Waals surface area contributed by atoms with Gasteiger partial charge in [0.1, 0.15) is 5.75 Å². The van der Waals surface area contributed by atoms with E-state index in [1.54, 1.807) is 12.1 Å². The topological polar surface area (TPSA) is 64.4 Å². The summed E-state index contributed by atoms with van der Waals surface area (Å²) >= 11 is 5.99. The number of hydrogen-bond acceptors (Lipinski definition) is 4. The third-order valence-electron chi connectivity index (χ3n) is 3.18. The summed E-state index contributed by atoms with van der Waals surface area (Å²) in [5.41, 5.74) is 6.74. The summed E-state index contributed by atoms with van der Waals surface area (Å²) in [7, 11) is 0. The molecule has 19 heavy (non-hydrogen) atoms. The van der Waals surface area contributed by atoms with Crippen molar-refractivity contribution in [1.29, 1.82) is 0 Å². The van der Waals surface area contributed by atoms with E-state index >= 15 is 0 Å². The summed E-state index contributed by atoms with van der Waals surface area (Å²) in [6.07, 6.45) is 3.63. The Morgan fingerprint density at radius 3 is 2.89 bits per heavy atom. The largest absolute Gasteiger partial charge is 0.493 e. The van der Waals surface area contributed by atoms with Crippen LogP contribution in [-0.2, 0) is 0 Å². The molecule has 0 spiro atoms. The van der Waals surface area contributed by atoms with Gasteiger partial charge in [0, 0.05) is 19.0 Å². The van der Waals surface area contributed by atoms with Crippen molar-refractivity contribution in [3.05, 3.63) is 22.7 Å². The molecule has 104 valence electrons. The van der Waals surface area contributed by atoms with Gasteiger partial charge in [-0.1, -0.05) is 11.6 Å². The number of fused-ring (bicyclic) bond motifs is 1. The molecule has 1 aliphatic heterocycles. The molecule has 0 aliphatic carbocycles. The van der Waals surface area contributed by atoms with Gasteiger partial charge < -0.3 is 15.8 Å². The fraction of sp³-hybridized carbons (Fsp3) is 0.500. The van der Waals surface area contributed by atoms with Crippen molar-refractivity contribution in [3.8, 4) is 5.75 Å². The Bertz CT molecular complexity index is 463. The number of nitrogens with one attached hydrogen (secondary N) is 1. The number of ketones is 1. The van der Waals surface area contributed by atoms with Crippen LogP contribution >= 0.6 is 11.6 Å². The fourth-order valence-electron chi connectivity index (χ4n) is 2.08. The lowest BCUT2D eigenvalue weighted by molar-refractivity contribution is 0.0978. The first kappa shape index (κ1) is 14.2. The van der Waals surface area contributed by atoms with Gasteiger partial charge in [-0.25, -0.2) is 0 Å². The zero-order valence-corrected chi connectivity index (χ0v) is 11.6. The molecule has 0 saturated carbocycles. The van der Waals surface area contributed by atoms with Crippen LogP contribution in [-0.4, -0.2) is 25.5 Å². The minimum absolute atomic E-state index is 0.0324. The lowest BCUT2D eigenvalue weighted by Crippen LogP contribution is -2.20. The van der Waals surface area contributed by atoms with E-state index < -0.39 is 0 Å². The Morgan fingerprint density at radius 1 is 1.21 bits per heavy atom. The number of rotatable bonds is 0. The highest BCUT2D eigenvalue weighted by molar-refractivity contribution is 6.33. The predicted octanol–water partition coefficient (Wildman–Crippen LogP) is 2.65. The van der Waals surface area contributed by atoms with Crippen LogP contribution in [0.1, 0.15) is 36.0 Å². The van der Waals surface area contributed by atoms with Gasteiger partial charge in [0.15, 0.2) is 5.78 Å². The lowest BCUT2D eigenvalue weighted by Gasteiger charge is -2.14. The van der Waals surface area contributed by atoms with Gasteiger partial charge in [-0.05, 0) is 31.9 Å². The highest BCUT2D eigenvalue weighted by atomic mass is 35.5. The van der Waals surface area contributed by atoms with E-state index in [4.69, 9.17) is 22.1 Å². The van der Waals surface area contributed by atoms with Gasteiger partial charge in [-0.3, -0.25) is 4.79 Å². The maximum absolute atomic E-state index is 12.2. The molecule has 1 heterocycles. The molecule has 5 heteroatoms. The second kappa shape index (κ2) is 6.78. The van der Waals surface area contributed by atoms with Crippen LogP contribution in [0.3, 0.4) is 0 Å². The van der Waals surface area contributed by atoms with E-state index in [9.17, 15) is 4.79 Å². The van der Waals surface area contributed by atoms with Gasteiger partial charge in [-0.15, -0.1) is 0 Å². The molecule has 0 aromatic heterocycles. The molecule has 1 aromatic rings. The van der Waals surface area contributed by atoms with Crippen molar-refractivity contribution >= 4 is 23.1 Å². The Morgan fingerprint density at radius 2 is 2.05 bits per heavy atom. The maximum Gasteiger partial charge on any atom is 0.167 e. The van der Waals surface area contributed by atoms with Gasteiger partial charge in [0.05, 0.1) is 22.9 Å². The van der Waals surface area contributed by atoms with Gasteiger partial charge >= 0.3 is 0 Å². The van der Waals surface area contributed by atoms with Crippen LogP contribution in [0.5, 0.6) is 5.75 Å². The van der Waals surface area contributed by atoms with Crippen LogP contribution in [0.15, 0.2) is 12.1 Å². The van der Waals surface area contributed by atoms with Gasteiger partial charge in [0.25, 0.3) is 0 Å². The third-order valence-corrected chi connectivity index (χ3v) is 3.51. The minimum atomic E-state index is 0.0324. The number of anilines is 1. The Hall–Kier alpha value is -1.26. The molecule has 0 saturated heterocycles. The molecule has 1 aromatic carbocycles. The average molecular weight is 283 g/mol. The molecule has 0 radical (unpaired) electrons. The van der Waals surface area contributed by atoms with E-state index in [1.807, 2.05) is 0 Å². The number of nitrogen functional groups attached to an aromatic ring is 1. The van der Waals surface area contributed by atoms with E-state index in [0.29, 0.717) is 41.6 Å². The number of carbonyl (C=O) groups excluding carboxylic acids is 1. The lowest BCUT2D eigenvalue weighted by atomic mass is 10.1. The molecule has 0 unspecified atom stereocenters. The first-order valence-corrected chi connectivity index (χ1v) is 7.02. The number of nitrogens with two attached hydrogens (primary N) is 1. The molecular weight excluding hydrogens is 264 g/mol. The molecule has 1 aliphatic rings. The van der Waals surface area contributed by atoms with Crippen molar-refractivity contribution in [2.75, 3.05) is 25.4 Å². The third kappa shape index (κ3) is 3.85. The monoisotopic (exact) mass is 282 g/mol. The first-order valence-electron chi connectivity index (χ1n) is 6.64. The number of ether oxygens (including phenoxy) is 1. The second-order valence-corrected chi connectivity index (χ2v) is 5.11. The smallest absolute Gasteiger partial charge is 0.167 e. The zero-order chi connectivity index (χ0) is 13.7. The molecule has 3 N–H and O–H groups in total. The van der Waals surface area contributed by atoms with Crippen molar-refractivity contribution in [1.82, 2.24) is 5.32 Å². The van der Waals surface area contributed by atoms with Gasteiger partial charge in [-0.2, -0.15) is 0 Å². The van der Waals surface area contributed by atoms with Crippen LogP contribution < -0.4 is 15.8 Å². The predicted molar refractivity (Wildman–Crippen MR) is 77.0 cm³/mol. The van der Waals surface area contributed by atoms with E-state index in [0.717, 1.165) is 25.8 Å². The van der Waals surface area contributed by atoms with E-state index in [2.05, 4.69) is 5.32 Å². The number of benzene rings is 1. The number of halogens is 1. The standard InChI is InChI=1S/C14H19ClN2O2/c15-11-8-10-13(18)4-6-17-5-2-1-3-7-19-14(10)9-12(11)16/h8-9,17H,1-7,16H2. The molecule has 2 rings (SSSR count). The summed E-state index contributed by atoms with van der Waals surface area (Å²) in [5.74, 6) is 0.581. The van der Waals surface area contributed by atoms with Crippen LogP contribution in [0, 0.1) is 0 Å². The molecule has 0 fully saturated rings. The quantitative estimate of drug-likeness (QED) is 0.718. The summed E-state index contributed by atoms with van der Waals surface area (Å²) < 4.78 is 5.69. The molecule has 0 amide bonds. The van der Waals surface area contributed by atoms with E-state index in [1.165, 1.54) is 0 Å². The van der Waals surface area contributed by atoms with Gasteiger partial charge in [0.2, 0.25) is 0 Å². The molecule has 0 bridgehead atoms. The normalized spacial score (nSPS) is 17.8. The second-order valence-electron chi connectivity index (χ2n) is 4.70. The minimum Gasteiger partial charge on any atom is -0.493 e. The Kier molecular flexibility index (Phi) is 5.05. The van der Waals surface area contributed by atoms with Crippen LogP contribution in [0.2, 0.25) is 5.02 Å². The summed E-state index contributed by atoms with van der Waals surface area (Å²) in [6.45, 7) is 2.23. The SMILES string of the molecule is Nc1cc2c(cc1Cl)C(=O)CCNCCCCCO2. The molecule has 0 atom stereocenters. The Balaban J connectivity index is 2.24. The first-order chi connectivity index (χ1) is 9.18. The van der Waals surface area contributed by atoms with Crippen molar-refractivity contribution in [3.63, 3.8) is 0 Å². The summed E-state index contributed by atoms with van der Waals surface area (Å²) in [4.78, 5) is 12.2. The molecular formula is C14H19ClN2O2.